The predicted octanol–water partition coefficient (Wildman–Crippen LogP) is 2.30. The number of carboxylic acids is 1. The standard InChI is InChI=1S/C15H21NO3/c1-3-5-13(15(18)19)16-14(17)9-8-12-7-4-6-11(2)10-12/h4,6-7,10,13H,3,5,8-9H2,1-2H3,(H,16,17)(H,18,19)/t13-/m1/s1. The van der Waals surface area contributed by atoms with Crippen molar-refractivity contribution in [1.82, 2.24) is 5.32 Å². The van der Waals surface area contributed by atoms with Crippen molar-refractivity contribution in [1.29, 1.82) is 0 Å². The fraction of sp³-hybridized carbons (Fsp3) is 0.467. The SMILES string of the molecule is CCC[C@@H](NC(=O)CCc1cccc(C)c1)C(=O)O. The summed E-state index contributed by atoms with van der Waals surface area (Å²) in [6, 6.07) is 7.20. The zero-order valence-corrected chi connectivity index (χ0v) is 11.5. The molecule has 2 N–H and O–H groups in total. The summed E-state index contributed by atoms with van der Waals surface area (Å²) in [5.41, 5.74) is 2.25. The Balaban J connectivity index is 2.44. The monoisotopic (exact) mass is 263 g/mol. The average Bonchev–Trinajstić information content (AvgIpc) is 2.36. The van der Waals surface area contributed by atoms with E-state index in [1.165, 1.54) is 0 Å². The van der Waals surface area contributed by atoms with E-state index in [9.17, 15) is 9.59 Å². The van der Waals surface area contributed by atoms with Crippen molar-refractivity contribution >= 4 is 11.9 Å². The number of hydrogen-bond donors (Lipinski definition) is 2. The molecule has 104 valence electrons. The molecule has 0 aliphatic heterocycles. The van der Waals surface area contributed by atoms with Crippen molar-refractivity contribution < 1.29 is 14.7 Å². The van der Waals surface area contributed by atoms with Gasteiger partial charge < -0.3 is 10.4 Å². The maximum absolute atomic E-state index is 11.7. The number of aryl methyl sites for hydroxylation is 2. The smallest absolute Gasteiger partial charge is 0.326 e. The van der Waals surface area contributed by atoms with Crippen LogP contribution in [0.2, 0.25) is 0 Å². The van der Waals surface area contributed by atoms with Gasteiger partial charge in [0.25, 0.3) is 0 Å². The Morgan fingerprint density at radius 3 is 2.68 bits per heavy atom. The van der Waals surface area contributed by atoms with Crippen LogP contribution in [0.3, 0.4) is 0 Å². The van der Waals surface area contributed by atoms with Crippen molar-refractivity contribution in [3.63, 3.8) is 0 Å². The molecule has 0 saturated heterocycles. The van der Waals surface area contributed by atoms with Gasteiger partial charge in [-0.1, -0.05) is 43.2 Å². The molecule has 4 heteroatoms. The Morgan fingerprint density at radius 2 is 2.11 bits per heavy atom. The van der Waals surface area contributed by atoms with Crippen LogP contribution in [0.5, 0.6) is 0 Å². The summed E-state index contributed by atoms with van der Waals surface area (Å²) >= 11 is 0. The van der Waals surface area contributed by atoms with Crippen LogP contribution in [0.4, 0.5) is 0 Å². The topological polar surface area (TPSA) is 66.4 Å². The molecular weight excluding hydrogens is 242 g/mol. The molecule has 19 heavy (non-hydrogen) atoms. The molecule has 0 aliphatic carbocycles. The second-order valence-electron chi connectivity index (χ2n) is 4.74. The van der Waals surface area contributed by atoms with Gasteiger partial charge in [0.15, 0.2) is 0 Å². The zero-order valence-electron chi connectivity index (χ0n) is 11.5. The molecule has 0 heterocycles. The summed E-state index contributed by atoms with van der Waals surface area (Å²) < 4.78 is 0. The molecule has 0 unspecified atom stereocenters. The number of carboxylic acid groups (broad SMARTS) is 1. The van der Waals surface area contributed by atoms with E-state index in [4.69, 9.17) is 5.11 Å². The maximum Gasteiger partial charge on any atom is 0.326 e. The lowest BCUT2D eigenvalue weighted by atomic mass is 10.1. The lowest BCUT2D eigenvalue weighted by molar-refractivity contribution is -0.142. The Hall–Kier alpha value is -1.84. The van der Waals surface area contributed by atoms with Crippen LogP contribution in [-0.4, -0.2) is 23.0 Å². The average molecular weight is 263 g/mol. The summed E-state index contributed by atoms with van der Waals surface area (Å²) in [6.45, 7) is 3.90. The van der Waals surface area contributed by atoms with Gasteiger partial charge >= 0.3 is 5.97 Å². The maximum atomic E-state index is 11.7. The van der Waals surface area contributed by atoms with Crippen LogP contribution < -0.4 is 5.32 Å². The highest BCUT2D eigenvalue weighted by Gasteiger charge is 2.18. The minimum absolute atomic E-state index is 0.206. The van der Waals surface area contributed by atoms with Crippen LogP contribution >= 0.6 is 0 Å². The van der Waals surface area contributed by atoms with Gasteiger partial charge in [-0.15, -0.1) is 0 Å². The molecule has 4 nitrogen and oxygen atoms in total. The number of amides is 1. The summed E-state index contributed by atoms with van der Waals surface area (Å²) in [6.07, 6.45) is 2.14. The van der Waals surface area contributed by atoms with E-state index in [0.29, 0.717) is 19.3 Å². The number of carbonyl (C=O) groups excluding carboxylic acids is 1. The van der Waals surface area contributed by atoms with E-state index >= 15 is 0 Å². The van der Waals surface area contributed by atoms with Gasteiger partial charge in [0.2, 0.25) is 5.91 Å². The highest BCUT2D eigenvalue weighted by molar-refractivity contribution is 5.83. The Morgan fingerprint density at radius 1 is 1.37 bits per heavy atom. The molecule has 1 amide bonds. The number of benzene rings is 1. The molecule has 1 rings (SSSR count). The number of aliphatic carboxylic acids is 1. The van der Waals surface area contributed by atoms with Crippen LogP contribution in [0, 0.1) is 6.92 Å². The summed E-state index contributed by atoms with van der Waals surface area (Å²) in [7, 11) is 0. The van der Waals surface area contributed by atoms with Crippen molar-refractivity contribution in [2.45, 2.75) is 45.6 Å². The second-order valence-corrected chi connectivity index (χ2v) is 4.74. The second kappa shape index (κ2) is 7.56. The molecule has 1 atom stereocenters. The molecule has 0 saturated carbocycles. The molecule has 0 aliphatic rings. The first-order valence-electron chi connectivity index (χ1n) is 6.60. The van der Waals surface area contributed by atoms with Crippen molar-refractivity contribution in [3.05, 3.63) is 35.4 Å². The highest BCUT2D eigenvalue weighted by atomic mass is 16.4. The fourth-order valence-electron chi connectivity index (χ4n) is 1.94. The number of rotatable bonds is 7. The summed E-state index contributed by atoms with van der Waals surface area (Å²) in [5.74, 6) is -1.17. The molecule has 0 bridgehead atoms. The van der Waals surface area contributed by atoms with E-state index in [0.717, 1.165) is 17.5 Å². The first-order valence-corrected chi connectivity index (χ1v) is 6.60. The molecule has 0 fully saturated rings. The molecule has 1 aromatic carbocycles. The third kappa shape index (κ3) is 5.55. The molecule has 0 spiro atoms. The summed E-state index contributed by atoms with van der Waals surface area (Å²) in [4.78, 5) is 22.6. The molecule has 0 radical (unpaired) electrons. The van der Waals surface area contributed by atoms with E-state index in [-0.39, 0.29) is 5.91 Å². The predicted molar refractivity (Wildman–Crippen MR) is 74.0 cm³/mol. The van der Waals surface area contributed by atoms with Gasteiger partial charge in [0, 0.05) is 6.42 Å². The van der Waals surface area contributed by atoms with Gasteiger partial charge in [-0.05, 0) is 25.3 Å². The van der Waals surface area contributed by atoms with E-state index in [1.807, 2.05) is 38.1 Å². The quantitative estimate of drug-likeness (QED) is 0.793. The fourth-order valence-corrected chi connectivity index (χ4v) is 1.94. The summed E-state index contributed by atoms with van der Waals surface area (Å²) in [5, 5.41) is 11.5. The lowest BCUT2D eigenvalue weighted by Gasteiger charge is -2.13. The first kappa shape index (κ1) is 15.2. The van der Waals surface area contributed by atoms with Crippen LogP contribution in [0.15, 0.2) is 24.3 Å². The lowest BCUT2D eigenvalue weighted by Crippen LogP contribution is -2.40. The van der Waals surface area contributed by atoms with Gasteiger partial charge in [-0.3, -0.25) is 4.79 Å². The van der Waals surface area contributed by atoms with Crippen LogP contribution in [-0.2, 0) is 16.0 Å². The van der Waals surface area contributed by atoms with Gasteiger partial charge in [0.05, 0.1) is 0 Å². The number of carbonyl (C=O) groups is 2. The largest absolute Gasteiger partial charge is 0.480 e. The third-order valence-electron chi connectivity index (χ3n) is 2.93. The third-order valence-corrected chi connectivity index (χ3v) is 2.93. The number of nitrogens with one attached hydrogen (secondary N) is 1. The molecule has 1 aromatic rings. The minimum atomic E-state index is -0.967. The van der Waals surface area contributed by atoms with Crippen molar-refractivity contribution in [2.75, 3.05) is 0 Å². The van der Waals surface area contributed by atoms with Gasteiger partial charge in [0.1, 0.15) is 6.04 Å². The molecular formula is C15H21NO3. The minimum Gasteiger partial charge on any atom is -0.480 e. The Bertz CT molecular complexity index is 443. The van der Waals surface area contributed by atoms with Crippen molar-refractivity contribution in [3.8, 4) is 0 Å². The Kier molecular flexibility index (Phi) is 6.06. The van der Waals surface area contributed by atoms with E-state index in [1.54, 1.807) is 0 Å². The normalized spacial score (nSPS) is 11.9. The van der Waals surface area contributed by atoms with E-state index in [2.05, 4.69) is 5.32 Å². The Labute approximate surface area is 113 Å². The van der Waals surface area contributed by atoms with Gasteiger partial charge in [-0.2, -0.15) is 0 Å². The van der Waals surface area contributed by atoms with Gasteiger partial charge in [-0.25, -0.2) is 4.79 Å². The first-order chi connectivity index (χ1) is 9.02. The number of hydrogen-bond acceptors (Lipinski definition) is 2. The zero-order chi connectivity index (χ0) is 14.3. The van der Waals surface area contributed by atoms with Crippen LogP contribution in [0.25, 0.3) is 0 Å². The highest BCUT2D eigenvalue weighted by Crippen LogP contribution is 2.07. The van der Waals surface area contributed by atoms with Crippen molar-refractivity contribution in [2.24, 2.45) is 0 Å². The molecule has 0 aromatic heterocycles. The van der Waals surface area contributed by atoms with E-state index < -0.39 is 12.0 Å². The van der Waals surface area contributed by atoms with Crippen LogP contribution in [0.1, 0.15) is 37.3 Å².